The second-order valence-electron chi connectivity index (χ2n) is 4.10. The smallest absolute Gasteiger partial charge is 0.126 e. The number of hydrogen-bond donors (Lipinski definition) is 1. The van der Waals surface area contributed by atoms with Crippen LogP contribution in [0.25, 0.3) is 0 Å². The van der Waals surface area contributed by atoms with Crippen molar-refractivity contribution >= 4 is 23.2 Å². The first-order valence-electron chi connectivity index (χ1n) is 5.59. The van der Waals surface area contributed by atoms with Crippen LogP contribution in [0.2, 0.25) is 10.0 Å². The Morgan fingerprint density at radius 3 is 2.05 bits per heavy atom. The standard InChI is InChI=1S/C14H11Cl2F2N/c1-19-14(8-2-3-12(15)13(16)6-8)9-4-10(17)7-11(18)5-9/h2-7,14,19H,1H3. The minimum Gasteiger partial charge on any atom is -0.309 e. The normalized spacial score (nSPS) is 12.5. The summed E-state index contributed by atoms with van der Waals surface area (Å²) >= 11 is 11.8. The van der Waals surface area contributed by atoms with E-state index in [0.29, 0.717) is 15.6 Å². The first-order valence-corrected chi connectivity index (χ1v) is 6.35. The molecule has 2 aromatic carbocycles. The Balaban J connectivity index is 2.46. The van der Waals surface area contributed by atoms with Crippen LogP contribution in [-0.4, -0.2) is 7.05 Å². The fraction of sp³-hybridized carbons (Fsp3) is 0.143. The first-order chi connectivity index (χ1) is 9.01. The number of halogens is 4. The maximum absolute atomic E-state index is 13.3. The molecule has 0 amide bonds. The molecule has 1 N–H and O–H groups in total. The molecule has 0 bridgehead atoms. The third-order valence-electron chi connectivity index (χ3n) is 2.78. The first kappa shape index (κ1) is 14.3. The van der Waals surface area contributed by atoms with Gasteiger partial charge >= 0.3 is 0 Å². The quantitative estimate of drug-likeness (QED) is 0.875. The van der Waals surface area contributed by atoms with Crippen molar-refractivity contribution in [3.05, 3.63) is 69.2 Å². The molecule has 1 atom stereocenters. The molecule has 1 nitrogen and oxygen atoms in total. The summed E-state index contributed by atoms with van der Waals surface area (Å²) in [5.74, 6) is -1.23. The molecule has 0 aliphatic heterocycles. The molecular formula is C14H11Cl2F2N. The van der Waals surface area contributed by atoms with Crippen molar-refractivity contribution in [2.45, 2.75) is 6.04 Å². The molecule has 0 radical (unpaired) electrons. The van der Waals surface area contributed by atoms with Crippen LogP contribution in [0.3, 0.4) is 0 Å². The van der Waals surface area contributed by atoms with Gasteiger partial charge in [-0.25, -0.2) is 8.78 Å². The second kappa shape index (κ2) is 5.87. The number of rotatable bonds is 3. The number of nitrogens with one attached hydrogen (secondary N) is 1. The summed E-state index contributed by atoms with van der Waals surface area (Å²) in [6, 6.07) is 8.13. The van der Waals surface area contributed by atoms with Gasteiger partial charge < -0.3 is 5.32 Å². The van der Waals surface area contributed by atoms with Crippen molar-refractivity contribution in [1.82, 2.24) is 5.32 Å². The van der Waals surface area contributed by atoms with Crippen LogP contribution in [0.5, 0.6) is 0 Å². The SMILES string of the molecule is CNC(c1cc(F)cc(F)c1)c1ccc(Cl)c(Cl)c1. The highest BCUT2D eigenvalue weighted by Gasteiger charge is 2.15. The van der Waals surface area contributed by atoms with Crippen molar-refractivity contribution in [2.75, 3.05) is 7.05 Å². The lowest BCUT2D eigenvalue weighted by Crippen LogP contribution is -2.18. The van der Waals surface area contributed by atoms with Gasteiger partial charge in [0.2, 0.25) is 0 Å². The lowest BCUT2D eigenvalue weighted by Gasteiger charge is -2.18. The summed E-state index contributed by atoms with van der Waals surface area (Å²) in [7, 11) is 1.70. The lowest BCUT2D eigenvalue weighted by molar-refractivity contribution is 0.571. The van der Waals surface area contributed by atoms with Crippen LogP contribution in [0.1, 0.15) is 17.2 Å². The van der Waals surface area contributed by atoms with E-state index >= 15 is 0 Å². The van der Waals surface area contributed by atoms with Gasteiger partial charge in [0.25, 0.3) is 0 Å². The van der Waals surface area contributed by atoms with Crippen molar-refractivity contribution in [3.63, 3.8) is 0 Å². The highest BCUT2D eigenvalue weighted by molar-refractivity contribution is 6.42. The van der Waals surface area contributed by atoms with E-state index in [0.717, 1.165) is 11.6 Å². The van der Waals surface area contributed by atoms with Crippen molar-refractivity contribution in [1.29, 1.82) is 0 Å². The van der Waals surface area contributed by atoms with Crippen LogP contribution in [-0.2, 0) is 0 Å². The summed E-state index contributed by atoms with van der Waals surface area (Å²) in [6.07, 6.45) is 0. The summed E-state index contributed by atoms with van der Waals surface area (Å²) < 4.78 is 26.5. The predicted octanol–water partition coefficient (Wildman–Crippen LogP) is 4.58. The molecule has 0 saturated heterocycles. The van der Waals surface area contributed by atoms with Gasteiger partial charge in [-0.3, -0.25) is 0 Å². The maximum Gasteiger partial charge on any atom is 0.126 e. The predicted molar refractivity (Wildman–Crippen MR) is 73.7 cm³/mol. The molecule has 0 saturated carbocycles. The molecule has 100 valence electrons. The van der Waals surface area contributed by atoms with E-state index in [1.54, 1.807) is 25.2 Å². The Bertz CT molecular complexity index is 582. The van der Waals surface area contributed by atoms with Gasteiger partial charge in [0.05, 0.1) is 16.1 Å². The molecule has 5 heteroatoms. The Hall–Kier alpha value is -1.16. The molecule has 0 aliphatic carbocycles. The average molecular weight is 302 g/mol. The van der Waals surface area contributed by atoms with Crippen molar-refractivity contribution in [3.8, 4) is 0 Å². The summed E-state index contributed by atoms with van der Waals surface area (Å²) in [5, 5.41) is 3.84. The second-order valence-corrected chi connectivity index (χ2v) is 4.91. The van der Waals surface area contributed by atoms with Crippen LogP contribution in [0.4, 0.5) is 8.78 Å². The Labute approximate surface area is 120 Å². The van der Waals surface area contributed by atoms with Crippen LogP contribution in [0.15, 0.2) is 36.4 Å². The molecule has 0 heterocycles. The molecule has 0 spiro atoms. The molecule has 2 aromatic rings. The van der Waals surface area contributed by atoms with Gasteiger partial charge in [-0.15, -0.1) is 0 Å². The molecule has 0 fully saturated rings. The summed E-state index contributed by atoms with van der Waals surface area (Å²) in [6.45, 7) is 0. The third-order valence-corrected chi connectivity index (χ3v) is 3.52. The topological polar surface area (TPSA) is 12.0 Å². The van der Waals surface area contributed by atoms with Crippen LogP contribution >= 0.6 is 23.2 Å². The molecule has 0 aliphatic rings. The minimum atomic E-state index is -0.615. The zero-order valence-corrected chi connectivity index (χ0v) is 11.6. The number of hydrogen-bond acceptors (Lipinski definition) is 1. The van der Waals surface area contributed by atoms with Gasteiger partial charge in [0, 0.05) is 6.07 Å². The Morgan fingerprint density at radius 2 is 1.53 bits per heavy atom. The summed E-state index contributed by atoms with van der Waals surface area (Å²) in [4.78, 5) is 0. The van der Waals surface area contributed by atoms with Gasteiger partial charge in [-0.1, -0.05) is 29.3 Å². The van der Waals surface area contributed by atoms with Crippen LogP contribution < -0.4 is 5.32 Å². The van der Waals surface area contributed by atoms with E-state index in [-0.39, 0.29) is 6.04 Å². The Kier molecular flexibility index (Phi) is 4.40. The molecule has 1 unspecified atom stereocenters. The van der Waals surface area contributed by atoms with E-state index in [9.17, 15) is 8.78 Å². The monoisotopic (exact) mass is 301 g/mol. The molecule has 19 heavy (non-hydrogen) atoms. The van der Waals surface area contributed by atoms with Crippen molar-refractivity contribution in [2.24, 2.45) is 0 Å². The van der Waals surface area contributed by atoms with Gasteiger partial charge in [0.15, 0.2) is 0 Å². The third kappa shape index (κ3) is 3.24. The zero-order valence-electron chi connectivity index (χ0n) is 10.1. The van der Waals surface area contributed by atoms with Crippen molar-refractivity contribution < 1.29 is 8.78 Å². The highest BCUT2D eigenvalue weighted by Crippen LogP contribution is 2.29. The summed E-state index contributed by atoms with van der Waals surface area (Å²) in [5.41, 5.74) is 1.26. The largest absolute Gasteiger partial charge is 0.309 e. The molecule has 2 rings (SSSR count). The molecule has 0 aromatic heterocycles. The highest BCUT2D eigenvalue weighted by atomic mass is 35.5. The lowest BCUT2D eigenvalue weighted by atomic mass is 9.98. The zero-order chi connectivity index (χ0) is 14.0. The van der Waals surface area contributed by atoms with E-state index in [2.05, 4.69) is 5.32 Å². The van der Waals surface area contributed by atoms with Gasteiger partial charge in [0.1, 0.15) is 11.6 Å². The van der Waals surface area contributed by atoms with E-state index < -0.39 is 11.6 Å². The van der Waals surface area contributed by atoms with Gasteiger partial charge in [-0.2, -0.15) is 0 Å². The maximum atomic E-state index is 13.3. The average Bonchev–Trinajstić information content (AvgIpc) is 2.33. The van der Waals surface area contributed by atoms with E-state index in [1.807, 2.05) is 0 Å². The minimum absolute atomic E-state index is 0.361. The van der Waals surface area contributed by atoms with Gasteiger partial charge in [-0.05, 0) is 42.4 Å². The van der Waals surface area contributed by atoms with E-state index in [4.69, 9.17) is 23.2 Å². The van der Waals surface area contributed by atoms with E-state index in [1.165, 1.54) is 12.1 Å². The Morgan fingerprint density at radius 1 is 0.895 bits per heavy atom. The fourth-order valence-corrected chi connectivity index (χ4v) is 2.27. The number of benzene rings is 2. The van der Waals surface area contributed by atoms with Crippen LogP contribution in [0, 0.1) is 11.6 Å². The fourth-order valence-electron chi connectivity index (χ4n) is 1.96. The molecular weight excluding hydrogens is 291 g/mol.